The van der Waals surface area contributed by atoms with Crippen molar-refractivity contribution in [3.05, 3.63) is 28.3 Å². The Morgan fingerprint density at radius 1 is 1.11 bits per heavy atom. The van der Waals surface area contributed by atoms with Crippen molar-refractivity contribution in [2.75, 3.05) is 49.2 Å². The number of piperidine rings is 1. The number of morpholine rings is 1. The van der Waals surface area contributed by atoms with Gasteiger partial charge in [0.1, 0.15) is 0 Å². The second-order valence-corrected chi connectivity index (χ2v) is 7.39. The molecule has 4 rings (SSSR count). The molecule has 1 N–H and O–H groups in total. The van der Waals surface area contributed by atoms with Gasteiger partial charge in [-0.25, -0.2) is 15.0 Å². The van der Waals surface area contributed by atoms with E-state index in [-0.39, 0.29) is 5.56 Å². The van der Waals surface area contributed by atoms with Crippen LogP contribution in [0.3, 0.4) is 0 Å². The predicted molar refractivity (Wildman–Crippen MR) is 104 cm³/mol. The van der Waals surface area contributed by atoms with Gasteiger partial charge in [-0.15, -0.1) is 0 Å². The topological polar surface area (TPSA) is 87.2 Å². The third kappa shape index (κ3) is 3.95. The molecule has 2 aliphatic rings. The number of aromatic amines is 1. The number of nitrogens with one attached hydrogen (secondary N) is 1. The summed E-state index contributed by atoms with van der Waals surface area (Å²) in [6, 6.07) is 1.52. The number of anilines is 2. The van der Waals surface area contributed by atoms with Gasteiger partial charge in [0.2, 0.25) is 11.9 Å². The summed E-state index contributed by atoms with van der Waals surface area (Å²) < 4.78 is 5.38. The average molecular weight is 370 g/mol. The third-order valence-corrected chi connectivity index (χ3v) is 5.35. The summed E-state index contributed by atoms with van der Waals surface area (Å²) in [7, 11) is 0. The van der Waals surface area contributed by atoms with E-state index in [1.807, 2.05) is 6.92 Å². The molecule has 144 valence electrons. The normalized spacial score (nSPS) is 18.7. The van der Waals surface area contributed by atoms with Gasteiger partial charge in [-0.3, -0.25) is 9.78 Å². The fourth-order valence-corrected chi connectivity index (χ4v) is 3.57. The van der Waals surface area contributed by atoms with Crippen LogP contribution in [0.15, 0.2) is 17.1 Å². The molecule has 0 aromatic carbocycles. The van der Waals surface area contributed by atoms with Crippen LogP contribution in [0, 0.1) is 12.8 Å². The van der Waals surface area contributed by atoms with Gasteiger partial charge in [0.25, 0.3) is 5.56 Å². The molecule has 8 nitrogen and oxygen atoms in total. The molecule has 27 heavy (non-hydrogen) atoms. The standard InChI is InChI=1S/C19H26N6O2/c1-13-3-5-24(6-4-13)19-22-16(11-17(26)23-19)15-12-20-18(21-14(15)2)25-7-9-27-10-8-25/h11-13H,3-10H2,1-2H3,(H,22,23,26). The Balaban J connectivity index is 1.62. The molecule has 2 aliphatic heterocycles. The van der Waals surface area contributed by atoms with Crippen LogP contribution in [0.1, 0.15) is 25.5 Å². The van der Waals surface area contributed by atoms with Crippen molar-refractivity contribution in [1.82, 2.24) is 19.9 Å². The molecule has 2 aromatic heterocycles. The predicted octanol–water partition coefficient (Wildman–Crippen LogP) is 1.61. The summed E-state index contributed by atoms with van der Waals surface area (Å²) in [5.41, 5.74) is 2.09. The fourth-order valence-electron chi connectivity index (χ4n) is 3.57. The van der Waals surface area contributed by atoms with Gasteiger partial charge in [0.05, 0.1) is 24.6 Å². The zero-order valence-electron chi connectivity index (χ0n) is 15.9. The molecule has 0 amide bonds. The van der Waals surface area contributed by atoms with Crippen LogP contribution in [-0.2, 0) is 4.74 Å². The van der Waals surface area contributed by atoms with Crippen LogP contribution in [0.5, 0.6) is 0 Å². The van der Waals surface area contributed by atoms with E-state index in [0.717, 1.165) is 56.2 Å². The van der Waals surface area contributed by atoms with Crippen LogP contribution in [0.2, 0.25) is 0 Å². The van der Waals surface area contributed by atoms with E-state index in [4.69, 9.17) is 9.72 Å². The number of aryl methyl sites for hydroxylation is 1. The summed E-state index contributed by atoms with van der Waals surface area (Å²) in [6.07, 6.45) is 4.01. The van der Waals surface area contributed by atoms with Crippen LogP contribution in [0.25, 0.3) is 11.3 Å². The maximum absolute atomic E-state index is 12.2. The lowest BCUT2D eigenvalue weighted by atomic mass is 10.00. The average Bonchev–Trinajstić information content (AvgIpc) is 2.68. The first-order chi connectivity index (χ1) is 13.1. The van der Waals surface area contributed by atoms with E-state index in [0.29, 0.717) is 30.8 Å². The molecule has 0 bridgehead atoms. The minimum atomic E-state index is -0.148. The maximum atomic E-state index is 12.2. The second-order valence-electron chi connectivity index (χ2n) is 7.39. The van der Waals surface area contributed by atoms with Crippen molar-refractivity contribution in [3.63, 3.8) is 0 Å². The lowest BCUT2D eigenvalue weighted by Gasteiger charge is -2.30. The number of rotatable bonds is 3. The quantitative estimate of drug-likeness (QED) is 0.878. The summed E-state index contributed by atoms with van der Waals surface area (Å²) in [6.45, 7) is 9.00. The van der Waals surface area contributed by atoms with E-state index < -0.39 is 0 Å². The number of ether oxygens (including phenoxy) is 1. The third-order valence-electron chi connectivity index (χ3n) is 5.35. The van der Waals surface area contributed by atoms with Crippen LogP contribution in [0.4, 0.5) is 11.9 Å². The van der Waals surface area contributed by atoms with E-state index >= 15 is 0 Å². The highest BCUT2D eigenvalue weighted by Crippen LogP contribution is 2.24. The Bertz CT molecular complexity index is 854. The molecule has 2 saturated heterocycles. The minimum Gasteiger partial charge on any atom is -0.378 e. The van der Waals surface area contributed by atoms with Crippen molar-refractivity contribution in [2.45, 2.75) is 26.7 Å². The molecule has 2 aromatic rings. The van der Waals surface area contributed by atoms with Gasteiger partial charge in [-0.2, -0.15) is 0 Å². The number of hydrogen-bond donors (Lipinski definition) is 1. The van der Waals surface area contributed by atoms with E-state index in [9.17, 15) is 4.79 Å². The highest BCUT2D eigenvalue weighted by Gasteiger charge is 2.20. The van der Waals surface area contributed by atoms with E-state index in [2.05, 4.69) is 31.7 Å². The molecule has 0 spiro atoms. The molecule has 0 aliphatic carbocycles. The first-order valence-corrected chi connectivity index (χ1v) is 9.63. The zero-order chi connectivity index (χ0) is 18.8. The number of hydrogen-bond acceptors (Lipinski definition) is 7. The number of aromatic nitrogens is 4. The Morgan fingerprint density at radius 2 is 1.85 bits per heavy atom. The Labute approximate surface area is 158 Å². The van der Waals surface area contributed by atoms with Gasteiger partial charge in [0, 0.05) is 44.0 Å². The van der Waals surface area contributed by atoms with Crippen molar-refractivity contribution in [2.24, 2.45) is 5.92 Å². The number of H-pyrrole nitrogens is 1. The van der Waals surface area contributed by atoms with Crippen molar-refractivity contribution < 1.29 is 4.74 Å². The molecule has 0 radical (unpaired) electrons. The van der Waals surface area contributed by atoms with Gasteiger partial charge >= 0.3 is 0 Å². The molecule has 0 atom stereocenters. The Morgan fingerprint density at radius 3 is 2.56 bits per heavy atom. The summed E-state index contributed by atoms with van der Waals surface area (Å²) >= 11 is 0. The molecule has 0 saturated carbocycles. The minimum absolute atomic E-state index is 0.148. The molecule has 2 fully saturated rings. The van der Waals surface area contributed by atoms with E-state index in [1.54, 1.807) is 6.20 Å². The number of nitrogens with zero attached hydrogens (tertiary/aromatic N) is 5. The van der Waals surface area contributed by atoms with Gasteiger partial charge < -0.3 is 14.5 Å². The van der Waals surface area contributed by atoms with Crippen LogP contribution in [-0.4, -0.2) is 59.3 Å². The van der Waals surface area contributed by atoms with Gasteiger partial charge in [-0.05, 0) is 25.7 Å². The van der Waals surface area contributed by atoms with Gasteiger partial charge in [0.15, 0.2) is 0 Å². The highest BCUT2D eigenvalue weighted by molar-refractivity contribution is 5.62. The monoisotopic (exact) mass is 370 g/mol. The smallest absolute Gasteiger partial charge is 0.252 e. The highest BCUT2D eigenvalue weighted by atomic mass is 16.5. The van der Waals surface area contributed by atoms with Crippen molar-refractivity contribution in [1.29, 1.82) is 0 Å². The zero-order valence-corrected chi connectivity index (χ0v) is 15.9. The first-order valence-electron chi connectivity index (χ1n) is 9.63. The molecule has 4 heterocycles. The lowest BCUT2D eigenvalue weighted by molar-refractivity contribution is 0.122. The van der Waals surface area contributed by atoms with Gasteiger partial charge in [-0.1, -0.05) is 6.92 Å². The first kappa shape index (κ1) is 17.9. The summed E-state index contributed by atoms with van der Waals surface area (Å²) in [4.78, 5) is 33.3. The Kier molecular flexibility index (Phi) is 5.07. The van der Waals surface area contributed by atoms with E-state index in [1.165, 1.54) is 6.07 Å². The van der Waals surface area contributed by atoms with Crippen LogP contribution < -0.4 is 15.4 Å². The summed E-state index contributed by atoms with van der Waals surface area (Å²) in [5.74, 6) is 2.07. The van der Waals surface area contributed by atoms with Crippen molar-refractivity contribution in [3.8, 4) is 11.3 Å². The molecular formula is C19H26N6O2. The largest absolute Gasteiger partial charge is 0.378 e. The maximum Gasteiger partial charge on any atom is 0.252 e. The molecular weight excluding hydrogens is 344 g/mol. The Hall–Kier alpha value is -2.48. The SMILES string of the molecule is Cc1nc(N2CCOCC2)ncc1-c1cc(=O)[nH]c(N2CCC(C)CC2)n1. The molecule has 0 unspecified atom stereocenters. The van der Waals surface area contributed by atoms with Crippen LogP contribution >= 0.6 is 0 Å². The van der Waals surface area contributed by atoms with Crippen molar-refractivity contribution >= 4 is 11.9 Å². The second kappa shape index (κ2) is 7.64. The molecule has 8 heteroatoms. The summed E-state index contributed by atoms with van der Waals surface area (Å²) in [5, 5.41) is 0. The fraction of sp³-hybridized carbons (Fsp3) is 0.579. The lowest BCUT2D eigenvalue weighted by Crippen LogP contribution is -2.37.